The van der Waals surface area contributed by atoms with Gasteiger partial charge in [-0.05, 0) is 43.7 Å². The molecule has 0 unspecified atom stereocenters. The van der Waals surface area contributed by atoms with Gasteiger partial charge >= 0.3 is 0 Å². The van der Waals surface area contributed by atoms with Crippen molar-refractivity contribution in [3.63, 3.8) is 0 Å². The maximum atomic E-state index is 5.94. The monoisotopic (exact) mass is 300 g/mol. The Morgan fingerprint density at radius 2 is 1.81 bits per heavy atom. The van der Waals surface area contributed by atoms with Gasteiger partial charge in [0.05, 0.1) is 23.7 Å². The Balaban J connectivity index is 2.03. The van der Waals surface area contributed by atoms with Gasteiger partial charge in [0.25, 0.3) is 6.01 Å². The van der Waals surface area contributed by atoms with E-state index in [-0.39, 0.29) is 6.10 Å². The fraction of sp³-hybridized carbons (Fsp3) is 0.235. The number of imidazole rings is 1. The fourth-order valence-electron chi connectivity index (χ4n) is 2.28. The predicted molar refractivity (Wildman–Crippen MR) is 86.1 cm³/mol. The minimum atomic E-state index is 0.0887. The summed E-state index contributed by atoms with van der Waals surface area (Å²) in [5, 5.41) is 0.743. The summed E-state index contributed by atoms with van der Waals surface area (Å²) < 4.78 is 7.95. The highest BCUT2D eigenvalue weighted by atomic mass is 35.5. The largest absolute Gasteiger partial charge is 0.462 e. The molecule has 0 radical (unpaired) electrons. The molecule has 0 saturated carbocycles. The van der Waals surface area contributed by atoms with E-state index in [0.29, 0.717) is 12.6 Å². The van der Waals surface area contributed by atoms with Crippen molar-refractivity contribution >= 4 is 22.6 Å². The number of hydrogen-bond donors (Lipinski definition) is 0. The third-order valence-electron chi connectivity index (χ3n) is 3.21. The highest BCUT2D eigenvalue weighted by molar-refractivity contribution is 6.30. The van der Waals surface area contributed by atoms with E-state index in [1.807, 2.05) is 56.3 Å². The van der Waals surface area contributed by atoms with Crippen LogP contribution in [0.3, 0.4) is 0 Å². The Kier molecular flexibility index (Phi) is 3.84. The van der Waals surface area contributed by atoms with Crippen LogP contribution in [0.4, 0.5) is 0 Å². The van der Waals surface area contributed by atoms with Gasteiger partial charge < -0.3 is 4.74 Å². The lowest BCUT2D eigenvalue weighted by Crippen LogP contribution is -2.11. The van der Waals surface area contributed by atoms with E-state index in [1.54, 1.807) is 0 Å². The number of ether oxygens (including phenoxy) is 1. The molecule has 0 aliphatic rings. The molecule has 108 valence electrons. The lowest BCUT2D eigenvalue weighted by Gasteiger charge is -2.12. The quantitative estimate of drug-likeness (QED) is 0.708. The molecule has 2 aromatic carbocycles. The van der Waals surface area contributed by atoms with E-state index >= 15 is 0 Å². The van der Waals surface area contributed by atoms with Crippen LogP contribution in [0.1, 0.15) is 19.4 Å². The van der Waals surface area contributed by atoms with E-state index in [4.69, 9.17) is 16.3 Å². The number of benzene rings is 2. The van der Waals surface area contributed by atoms with Crippen LogP contribution in [-0.2, 0) is 6.54 Å². The van der Waals surface area contributed by atoms with Crippen LogP contribution >= 0.6 is 11.6 Å². The Hall–Kier alpha value is -2.00. The number of para-hydroxylation sites is 2. The number of nitrogens with zero attached hydrogens (tertiary/aromatic N) is 2. The minimum Gasteiger partial charge on any atom is -0.462 e. The van der Waals surface area contributed by atoms with Crippen LogP contribution in [0.15, 0.2) is 48.5 Å². The Labute approximate surface area is 129 Å². The number of hydrogen-bond acceptors (Lipinski definition) is 2. The summed E-state index contributed by atoms with van der Waals surface area (Å²) >= 11 is 5.94. The van der Waals surface area contributed by atoms with Crippen LogP contribution in [0, 0.1) is 0 Å². The second kappa shape index (κ2) is 5.78. The molecule has 0 bridgehead atoms. The number of halogens is 1. The molecule has 1 heterocycles. The van der Waals surface area contributed by atoms with Crippen molar-refractivity contribution in [2.75, 3.05) is 0 Å². The molecular weight excluding hydrogens is 284 g/mol. The van der Waals surface area contributed by atoms with Crippen molar-refractivity contribution < 1.29 is 4.74 Å². The van der Waals surface area contributed by atoms with Gasteiger partial charge in [0.1, 0.15) is 0 Å². The van der Waals surface area contributed by atoms with Crippen molar-refractivity contribution in [1.82, 2.24) is 9.55 Å². The standard InChI is InChI=1S/C17H17ClN2O/c1-12(2)21-17-19-15-5-3-4-6-16(15)20(17)11-13-7-9-14(18)10-8-13/h3-10,12H,11H2,1-2H3. The topological polar surface area (TPSA) is 27.1 Å². The summed E-state index contributed by atoms with van der Waals surface area (Å²) in [4.78, 5) is 4.58. The van der Waals surface area contributed by atoms with Crippen LogP contribution in [0.2, 0.25) is 5.02 Å². The maximum absolute atomic E-state index is 5.94. The summed E-state index contributed by atoms with van der Waals surface area (Å²) in [6.45, 7) is 4.72. The summed E-state index contributed by atoms with van der Waals surface area (Å²) in [6, 6.07) is 16.6. The van der Waals surface area contributed by atoms with Crippen LogP contribution in [0.5, 0.6) is 6.01 Å². The zero-order valence-electron chi connectivity index (χ0n) is 12.1. The smallest absolute Gasteiger partial charge is 0.297 e. The lowest BCUT2D eigenvalue weighted by molar-refractivity contribution is 0.214. The predicted octanol–water partition coefficient (Wildman–Crippen LogP) is 4.53. The van der Waals surface area contributed by atoms with E-state index in [0.717, 1.165) is 21.6 Å². The van der Waals surface area contributed by atoms with Crippen molar-refractivity contribution in [1.29, 1.82) is 0 Å². The van der Waals surface area contributed by atoms with Gasteiger partial charge in [-0.3, -0.25) is 4.57 Å². The maximum Gasteiger partial charge on any atom is 0.297 e. The molecule has 1 aromatic heterocycles. The first-order valence-corrected chi connectivity index (χ1v) is 7.37. The van der Waals surface area contributed by atoms with Crippen LogP contribution in [0.25, 0.3) is 11.0 Å². The summed E-state index contributed by atoms with van der Waals surface area (Å²) in [7, 11) is 0. The lowest BCUT2D eigenvalue weighted by atomic mass is 10.2. The molecule has 21 heavy (non-hydrogen) atoms. The molecule has 3 rings (SSSR count). The number of aromatic nitrogens is 2. The first kappa shape index (κ1) is 14.0. The molecule has 3 aromatic rings. The summed E-state index contributed by atoms with van der Waals surface area (Å²) in [5.41, 5.74) is 3.18. The van der Waals surface area contributed by atoms with Gasteiger partial charge in [-0.1, -0.05) is 35.9 Å². The first-order chi connectivity index (χ1) is 10.1. The third kappa shape index (κ3) is 3.03. The minimum absolute atomic E-state index is 0.0887. The van der Waals surface area contributed by atoms with Gasteiger partial charge in [-0.2, -0.15) is 4.98 Å². The Morgan fingerprint density at radius 3 is 2.52 bits per heavy atom. The Morgan fingerprint density at radius 1 is 1.10 bits per heavy atom. The van der Waals surface area contributed by atoms with Gasteiger partial charge in [0.2, 0.25) is 0 Å². The van der Waals surface area contributed by atoms with Gasteiger partial charge in [-0.15, -0.1) is 0 Å². The molecule has 4 heteroatoms. The van der Waals surface area contributed by atoms with E-state index in [9.17, 15) is 0 Å². The van der Waals surface area contributed by atoms with Crippen molar-refractivity contribution in [3.8, 4) is 6.01 Å². The van der Waals surface area contributed by atoms with Gasteiger partial charge in [0, 0.05) is 5.02 Å². The average molecular weight is 301 g/mol. The molecule has 3 nitrogen and oxygen atoms in total. The molecule has 0 fully saturated rings. The second-order valence-corrected chi connectivity index (χ2v) is 5.70. The summed E-state index contributed by atoms with van der Waals surface area (Å²) in [5.74, 6) is 0. The van der Waals surface area contributed by atoms with Crippen LogP contribution < -0.4 is 4.74 Å². The fourth-order valence-corrected chi connectivity index (χ4v) is 2.41. The zero-order chi connectivity index (χ0) is 14.8. The van der Waals surface area contributed by atoms with Crippen molar-refractivity contribution in [2.24, 2.45) is 0 Å². The number of fused-ring (bicyclic) bond motifs is 1. The molecule has 0 aliphatic heterocycles. The highest BCUT2D eigenvalue weighted by Crippen LogP contribution is 2.24. The number of rotatable bonds is 4. The molecule has 0 N–H and O–H groups in total. The normalized spacial score (nSPS) is 11.2. The highest BCUT2D eigenvalue weighted by Gasteiger charge is 2.13. The SMILES string of the molecule is CC(C)Oc1nc2ccccc2n1Cc1ccc(Cl)cc1. The Bertz CT molecular complexity index is 747. The summed E-state index contributed by atoms with van der Waals surface area (Å²) in [6.07, 6.45) is 0.0887. The van der Waals surface area contributed by atoms with E-state index < -0.39 is 0 Å². The molecule has 0 amide bonds. The van der Waals surface area contributed by atoms with E-state index in [1.165, 1.54) is 0 Å². The van der Waals surface area contributed by atoms with Crippen LogP contribution in [-0.4, -0.2) is 15.7 Å². The van der Waals surface area contributed by atoms with Crippen molar-refractivity contribution in [3.05, 3.63) is 59.1 Å². The molecule has 0 saturated heterocycles. The van der Waals surface area contributed by atoms with Crippen molar-refractivity contribution in [2.45, 2.75) is 26.5 Å². The van der Waals surface area contributed by atoms with E-state index in [2.05, 4.69) is 15.6 Å². The third-order valence-corrected chi connectivity index (χ3v) is 3.47. The zero-order valence-corrected chi connectivity index (χ0v) is 12.8. The molecule has 0 atom stereocenters. The molecular formula is C17H17ClN2O. The van der Waals surface area contributed by atoms with Gasteiger partial charge in [-0.25, -0.2) is 0 Å². The second-order valence-electron chi connectivity index (χ2n) is 5.26. The van der Waals surface area contributed by atoms with Gasteiger partial charge in [0.15, 0.2) is 0 Å². The average Bonchev–Trinajstić information content (AvgIpc) is 2.78. The first-order valence-electron chi connectivity index (χ1n) is 7.00. The molecule has 0 aliphatic carbocycles. The molecule has 0 spiro atoms.